The monoisotopic (exact) mass is 283 g/mol. The maximum Gasteiger partial charge on any atom is 1.00 e. The van der Waals surface area contributed by atoms with Crippen LogP contribution in [0.2, 0.25) is 0 Å². The van der Waals surface area contributed by atoms with Crippen molar-refractivity contribution in [3.05, 3.63) is 35.6 Å². The average Bonchev–Trinajstić information content (AvgIpc) is 2.30. The van der Waals surface area contributed by atoms with Crippen LogP contribution in [0.15, 0.2) is 24.3 Å². The minimum Gasteiger partial charge on any atom is -1.00 e. The number of rotatable bonds is 1. The molecule has 1 fully saturated rings. The second kappa shape index (κ2) is 7.16. The van der Waals surface area contributed by atoms with Gasteiger partial charge in [-0.1, -0.05) is 12.1 Å². The number of carboxylic acid groups (broad SMARTS) is 1. The smallest absolute Gasteiger partial charge is 1.00 e. The van der Waals surface area contributed by atoms with Gasteiger partial charge >= 0.3 is 25.0 Å². The first-order valence-corrected chi connectivity index (χ1v) is 5.47. The summed E-state index contributed by atoms with van der Waals surface area (Å²) in [6.07, 6.45) is -0.290. The molecule has 2 rings (SSSR count). The zero-order chi connectivity index (χ0) is 12.5. The van der Waals surface area contributed by atoms with E-state index < -0.39 is 11.7 Å². The van der Waals surface area contributed by atoms with Gasteiger partial charge in [0.2, 0.25) is 0 Å². The molecule has 2 N–H and O–H groups in total. The Morgan fingerprint density at radius 1 is 1.26 bits per heavy atom. The van der Waals surface area contributed by atoms with Crippen LogP contribution in [0.25, 0.3) is 0 Å². The van der Waals surface area contributed by atoms with Gasteiger partial charge in [-0.25, -0.2) is 9.18 Å². The summed E-state index contributed by atoms with van der Waals surface area (Å²) in [5.41, 5.74) is -0.399. The van der Waals surface area contributed by atoms with E-state index in [0.717, 1.165) is 0 Å². The second-order valence-electron chi connectivity index (χ2n) is 4.31. The molecule has 1 aliphatic heterocycles. The first kappa shape index (κ1) is 18.3. The Bertz CT molecular complexity index is 427. The Balaban J connectivity index is 0. The van der Waals surface area contributed by atoms with E-state index in [1.165, 1.54) is 17.0 Å². The zero-order valence-electron chi connectivity index (χ0n) is 11.7. The van der Waals surface area contributed by atoms with Crippen LogP contribution in [0.4, 0.5) is 9.18 Å². The number of piperidine rings is 1. The summed E-state index contributed by atoms with van der Waals surface area (Å²) >= 11 is 0. The Hall–Kier alpha value is -0.733. The molecule has 0 saturated carbocycles. The van der Waals surface area contributed by atoms with Crippen molar-refractivity contribution in [2.24, 2.45) is 0 Å². The normalized spacial score (nSPS) is 17.1. The van der Waals surface area contributed by atoms with E-state index in [1.807, 2.05) is 0 Å². The molecule has 1 heterocycles. The SMILES string of the molecule is Cl.O=C(O)N1CCC(O)(c2ccc(F)cc2)CC1.[H-].[Li+]. The number of amides is 1. The number of likely N-dealkylation sites (tertiary alicyclic amines) is 1. The van der Waals surface area contributed by atoms with Gasteiger partial charge in [-0.05, 0) is 30.5 Å². The molecule has 0 spiro atoms. The standard InChI is InChI=1S/C12H14FNO3.ClH.Li.H/c13-10-3-1-9(2-4-10)12(17)5-7-14(8-6-12)11(15)16;;;/h1-4,17H,5-8H2,(H,15,16);1H;;/q;;+1;-1. The largest absolute Gasteiger partial charge is 1.00 e. The molecule has 1 aromatic rings. The molecular weight excluding hydrogens is 268 g/mol. The first-order valence-electron chi connectivity index (χ1n) is 5.47. The minimum atomic E-state index is -1.04. The van der Waals surface area contributed by atoms with E-state index in [2.05, 4.69) is 0 Å². The third-order valence-electron chi connectivity index (χ3n) is 3.24. The molecular formula is C12H16ClFLiNO3. The molecule has 1 amide bonds. The van der Waals surface area contributed by atoms with E-state index in [1.54, 1.807) is 12.1 Å². The number of carbonyl (C=O) groups is 1. The number of hydrogen-bond acceptors (Lipinski definition) is 2. The maximum atomic E-state index is 12.8. The van der Waals surface area contributed by atoms with Crippen LogP contribution in [0, 0.1) is 5.82 Å². The molecule has 0 atom stereocenters. The van der Waals surface area contributed by atoms with Crippen molar-refractivity contribution in [1.82, 2.24) is 4.90 Å². The number of nitrogens with zero attached hydrogens (tertiary/aromatic N) is 1. The van der Waals surface area contributed by atoms with Crippen LogP contribution in [-0.4, -0.2) is 34.3 Å². The van der Waals surface area contributed by atoms with Crippen LogP contribution in [0.1, 0.15) is 19.8 Å². The van der Waals surface area contributed by atoms with Crippen molar-refractivity contribution >= 4 is 18.5 Å². The summed E-state index contributed by atoms with van der Waals surface area (Å²) in [6, 6.07) is 5.70. The molecule has 0 aromatic heterocycles. The third-order valence-corrected chi connectivity index (χ3v) is 3.24. The Kier molecular flexibility index (Phi) is 6.88. The maximum absolute atomic E-state index is 12.8. The van der Waals surface area contributed by atoms with Crippen molar-refractivity contribution < 1.29 is 39.7 Å². The quantitative estimate of drug-likeness (QED) is 0.672. The van der Waals surface area contributed by atoms with Gasteiger partial charge in [0.25, 0.3) is 0 Å². The summed E-state index contributed by atoms with van der Waals surface area (Å²) < 4.78 is 12.8. The molecule has 1 aromatic carbocycles. The summed E-state index contributed by atoms with van der Waals surface area (Å²) in [6.45, 7) is 0.590. The first-order chi connectivity index (χ1) is 8.01. The van der Waals surface area contributed by atoms with Gasteiger partial charge in [-0.2, -0.15) is 0 Å². The zero-order valence-corrected chi connectivity index (χ0v) is 11.5. The minimum absolute atomic E-state index is 0. The predicted octanol–water partition coefficient (Wildman–Crippen LogP) is -0.675. The summed E-state index contributed by atoms with van der Waals surface area (Å²) in [4.78, 5) is 12.0. The van der Waals surface area contributed by atoms with E-state index in [4.69, 9.17) is 5.11 Å². The van der Waals surface area contributed by atoms with Gasteiger partial charge in [-0.15, -0.1) is 12.4 Å². The molecule has 19 heavy (non-hydrogen) atoms. The van der Waals surface area contributed by atoms with Crippen LogP contribution in [-0.2, 0) is 5.60 Å². The molecule has 0 bridgehead atoms. The molecule has 1 saturated heterocycles. The summed E-state index contributed by atoms with van der Waals surface area (Å²) in [5, 5.41) is 19.2. The van der Waals surface area contributed by atoms with Crippen molar-refractivity contribution in [3.8, 4) is 0 Å². The molecule has 0 unspecified atom stereocenters. The fraction of sp³-hybridized carbons (Fsp3) is 0.417. The third kappa shape index (κ3) is 4.12. The molecule has 0 aliphatic carbocycles. The van der Waals surface area contributed by atoms with Gasteiger partial charge in [0.05, 0.1) is 5.60 Å². The summed E-state index contributed by atoms with van der Waals surface area (Å²) in [5.74, 6) is -0.347. The van der Waals surface area contributed by atoms with E-state index >= 15 is 0 Å². The average molecular weight is 284 g/mol. The van der Waals surface area contributed by atoms with Crippen molar-refractivity contribution in [3.63, 3.8) is 0 Å². The fourth-order valence-electron chi connectivity index (χ4n) is 2.12. The molecule has 102 valence electrons. The van der Waals surface area contributed by atoms with Crippen LogP contribution < -0.4 is 18.9 Å². The van der Waals surface area contributed by atoms with E-state index in [-0.39, 0.29) is 38.5 Å². The van der Waals surface area contributed by atoms with Gasteiger partial charge in [0.1, 0.15) is 5.82 Å². The van der Waals surface area contributed by atoms with Gasteiger partial charge in [0, 0.05) is 13.1 Å². The van der Waals surface area contributed by atoms with Crippen LogP contribution in [0.3, 0.4) is 0 Å². The number of aliphatic hydroxyl groups is 1. The van der Waals surface area contributed by atoms with Crippen LogP contribution in [0.5, 0.6) is 0 Å². The Morgan fingerprint density at radius 3 is 2.16 bits per heavy atom. The second-order valence-corrected chi connectivity index (χ2v) is 4.31. The van der Waals surface area contributed by atoms with Crippen molar-refractivity contribution in [2.45, 2.75) is 18.4 Å². The predicted molar refractivity (Wildman–Crippen MR) is 67.5 cm³/mol. The Labute approximate surface area is 130 Å². The molecule has 1 aliphatic rings. The van der Waals surface area contributed by atoms with E-state index in [0.29, 0.717) is 31.5 Å². The molecule has 7 heteroatoms. The van der Waals surface area contributed by atoms with Gasteiger partial charge in [0.15, 0.2) is 0 Å². The fourth-order valence-corrected chi connectivity index (χ4v) is 2.12. The molecule has 0 radical (unpaired) electrons. The number of hydrogen-bond donors (Lipinski definition) is 2. The number of halogens is 2. The van der Waals surface area contributed by atoms with Gasteiger partial charge in [-0.3, -0.25) is 0 Å². The van der Waals surface area contributed by atoms with Crippen LogP contribution >= 0.6 is 12.4 Å². The Morgan fingerprint density at radius 2 is 1.74 bits per heavy atom. The van der Waals surface area contributed by atoms with Crippen molar-refractivity contribution in [1.29, 1.82) is 0 Å². The summed E-state index contributed by atoms with van der Waals surface area (Å²) in [7, 11) is 0. The van der Waals surface area contributed by atoms with Gasteiger partial charge < -0.3 is 16.5 Å². The van der Waals surface area contributed by atoms with E-state index in [9.17, 15) is 14.3 Å². The number of benzene rings is 1. The molecule has 4 nitrogen and oxygen atoms in total. The topological polar surface area (TPSA) is 60.8 Å². The van der Waals surface area contributed by atoms with Crippen molar-refractivity contribution in [2.75, 3.05) is 13.1 Å².